The van der Waals surface area contributed by atoms with E-state index in [0.29, 0.717) is 24.1 Å². The van der Waals surface area contributed by atoms with Crippen LogP contribution in [-0.4, -0.2) is 12.1 Å². The Morgan fingerprint density at radius 2 is 1.89 bits per heavy atom. The number of nitrogens with zero attached hydrogens (tertiary/aromatic N) is 1. The van der Waals surface area contributed by atoms with Crippen LogP contribution in [0, 0.1) is 0 Å². The van der Waals surface area contributed by atoms with E-state index in [0.717, 1.165) is 10.0 Å². The Balaban J connectivity index is 2.07. The normalized spacial score (nSPS) is 10.1. The molecule has 94 valence electrons. The van der Waals surface area contributed by atoms with Crippen molar-refractivity contribution < 1.29 is 9.47 Å². The van der Waals surface area contributed by atoms with Gasteiger partial charge in [-0.1, -0.05) is 28.1 Å². The predicted molar refractivity (Wildman–Crippen MR) is 73.7 cm³/mol. The van der Waals surface area contributed by atoms with Gasteiger partial charge >= 0.3 is 0 Å². The van der Waals surface area contributed by atoms with Crippen molar-refractivity contribution in [1.29, 1.82) is 0 Å². The van der Waals surface area contributed by atoms with Crippen molar-refractivity contribution in [3.63, 3.8) is 0 Å². The van der Waals surface area contributed by atoms with Crippen LogP contribution in [0.1, 0.15) is 5.56 Å². The van der Waals surface area contributed by atoms with Crippen molar-refractivity contribution in [2.45, 2.75) is 6.61 Å². The van der Waals surface area contributed by atoms with Gasteiger partial charge in [-0.25, -0.2) is 0 Å². The number of ether oxygens (including phenoxy) is 2. The van der Waals surface area contributed by atoms with Crippen LogP contribution in [0.3, 0.4) is 0 Å². The number of methoxy groups -OCH3 is 1. The summed E-state index contributed by atoms with van der Waals surface area (Å²) in [6.45, 7) is 0.414. The lowest BCUT2D eigenvalue weighted by molar-refractivity contribution is 0.289. The summed E-state index contributed by atoms with van der Waals surface area (Å²) >= 11 is 3.38. The first-order valence-electron chi connectivity index (χ1n) is 5.37. The van der Waals surface area contributed by atoms with E-state index in [1.165, 1.54) is 0 Å². The highest BCUT2D eigenvalue weighted by atomic mass is 79.9. The molecule has 0 fully saturated rings. The second-order valence-corrected chi connectivity index (χ2v) is 4.58. The second-order valence-electron chi connectivity index (χ2n) is 3.66. The van der Waals surface area contributed by atoms with Crippen LogP contribution >= 0.6 is 15.9 Å². The molecule has 18 heavy (non-hydrogen) atoms. The second kappa shape index (κ2) is 5.73. The van der Waals surface area contributed by atoms with Gasteiger partial charge in [-0.3, -0.25) is 0 Å². The third kappa shape index (κ3) is 3.13. The third-order valence-electron chi connectivity index (χ3n) is 2.36. The number of hydrogen-bond donors (Lipinski definition) is 1. The number of nitrogen functional groups attached to an aromatic ring is 1. The smallest absolute Gasteiger partial charge is 0.240 e. The molecule has 0 spiro atoms. The lowest BCUT2D eigenvalue weighted by Crippen LogP contribution is -2.01. The minimum Gasteiger partial charge on any atom is -0.481 e. The number of aromatic nitrogens is 1. The fourth-order valence-corrected chi connectivity index (χ4v) is 1.66. The molecule has 0 aliphatic rings. The van der Waals surface area contributed by atoms with E-state index in [-0.39, 0.29) is 0 Å². The Morgan fingerprint density at radius 3 is 2.56 bits per heavy atom. The molecule has 1 heterocycles. The van der Waals surface area contributed by atoms with E-state index >= 15 is 0 Å². The molecule has 0 aliphatic heterocycles. The standard InChI is InChI=1S/C13H13BrN2O2/c1-17-12-7-6-11(15)13(16-12)18-8-9-2-4-10(14)5-3-9/h2-7H,8,15H2,1H3. The van der Waals surface area contributed by atoms with Crippen molar-refractivity contribution in [3.05, 3.63) is 46.4 Å². The van der Waals surface area contributed by atoms with Crippen LogP contribution in [0.25, 0.3) is 0 Å². The SMILES string of the molecule is COc1ccc(N)c(OCc2ccc(Br)cc2)n1. The van der Waals surface area contributed by atoms with Crippen molar-refractivity contribution >= 4 is 21.6 Å². The fourth-order valence-electron chi connectivity index (χ4n) is 1.40. The number of halogens is 1. The third-order valence-corrected chi connectivity index (χ3v) is 2.89. The van der Waals surface area contributed by atoms with Gasteiger partial charge < -0.3 is 15.2 Å². The lowest BCUT2D eigenvalue weighted by atomic mass is 10.2. The Kier molecular flexibility index (Phi) is 4.04. The van der Waals surface area contributed by atoms with Gasteiger partial charge in [0.1, 0.15) is 6.61 Å². The highest BCUT2D eigenvalue weighted by Gasteiger charge is 2.05. The van der Waals surface area contributed by atoms with Gasteiger partial charge in [0.25, 0.3) is 0 Å². The molecule has 4 nitrogen and oxygen atoms in total. The summed E-state index contributed by atoms with van der Waals surface area (Å²) in [6.07, 6.45) is 0. The highest BCUT2D eigenvalue weighted by molar-refractivity contribution is 9.10. The van der Waals surface area contributed by atoms with E-state index in [9.17, 15) is 0 Å². The summed E-state index contributed by atoms with van der Waals surface area (Å²) in [4.78, 5) is 4.14. The zero-order valence-corrected chi connectivity index (χ0v) is 11.5. The first kappa shape index (κ1) is 12.7. The van der Waals surface area contributed by atoms with Gasteiger partial charge in [0.2, 0.25) is 11.8 Å². The van der Waals surface area contributed by atoms with E-state index in [2.05, 4.69) is 20.9 Å². The van der Waals surface area contributed by atoms with Crippen LogP contribution in [0.4, 0.5) is 5.69 Å². The maximum Gasteiger partial charge on any atom is 0.240 e. The Labute approximate surface area is 114 Å². The van der Waals surface area contributed by atoms with Crippen LogP contribution in [0.5, 0.6) is 11.8 Å². The van der Waals surface area contributed by atoms with Crippen molar-refractivity contribution in [1.82, 2.24) is 4.98 Å². The van der Waals surface area contributed by atoms with Crippen LogP contribution in [-0.2, 0) is 6.61 Å². The van der Waals surface area contributed by atoms with E-state index < -0.39 is 0 Å². The van der Waals surface area contributed by atoms with E-state index in [1.54, 1.807) is 19.2 Å². The Hall–Kier alpha value is -1.75. The molecule has 0 amide bonds. The number of nitrogens with two attached hydrogens (primary N) is 1. The van der Waals surface area contributed by atoms with Crippen molar-refractivity contribution in [2.24, 2.45) is 0 Å². The quantitative estimate of drug-likeness (QED) is 0.943. The monoisotopic (exact) mass is 308 g/mol. The topological polar surface area (TPSA) is 57.4 Å². The summed E-state index contributed by atoms with van der Waals surface area (Å²) in [7, 11) is 1.55. The van der Waals surface area contributed by atoms with Gasteiger partial charge in [-0.15, -0.1) is 0 Å². The molecule has 1 aromatic carbocycles. The van der Waals surface area contributed by atoms with Crippen molar-refractivity contribution in [2.75, 3.05) is 12.8 Å². The van der Waals surface area contributed by atoms with Crippen LogP contribution in [0.15, 0.2) is 40.9 Å². The van der Waals surface area contributed by atoms with E-state index in [1.807, 2.05) is 24.3 Å². The molecule has 0 atom stereocenters. The maximum absolute atomic E-state index is 5.78. The molecular weight excluding hydrogens is 296 g/mol. The molecule has 0 saturated carbocycles. The average molecular weight is 309 g/mol. The minimum absolute atomic E-state index is 0.386. The Bertz CT molecular complexity index is 529. The molecule has 2 N–H and O–H groups in total. The molecule has 1 aromatic heterocycles. The van der Waals surface area contributed by atoms with Crippen LogP contribution in [0.2, 0.25) is 0 Å². The summed E-state index contributed by atoms with van der Waals surface area (Å²) in [5, 5.41) is 0. The summed E-state index contributed by atoms with van der Waals surface area (Å²) in [6, 6.07) is 11.3. The zero-order chi connectivity index (χ0) is 13.0. The number of pyridine rings is 1. The molecule has 0 aliphatic carbocycles. The molecule has 2 aromatic rings. The first-order valence-corrected chi connectivity index (χ1v) is 6.16. The molecule has 5 heteroatoms. The van der Waals surface area contributed by atoms with Gasteiger partial charge in [0.05, 0.1) is 12.8 Å². The van der Waals surface area contributed by atoms with Gasteiger partial charge in [-0.2, -0.15) is 4.98 Å². The maximum atomic E-state index is 5.78. The predicted octanol–water partition coefficient (Wildman–Crippen LogP) is 3.01. The largest absolute Gasteiger partial charge is 0.481 e. The highest BCUT2D eigenvalue weighted by Crippen LogP contribution is 2.23. The number of benzene rings is 1. The summed E-state index contributed by atoms with van der Waals surface area (Å²) in [5.41, 5.74) is 7.32. The molecule has 2 rings (SSSR count). The number of rotatable bonds is 4. The molecule has 0 bridgehead atoms. The average Bonchev–Trinajstić information content (AvgIpc) is 2.40. The molecule has 0 unspecified atom stereocenters. The van der Waals surface area contributed by atoms with E-state index in [4.69, 9.17) is 15.2 Å². The summed E-state index contributed by atoms with van der Waals surface area (Å²) < 4.78 is 11.6. The molecular formula is C13H13BrN2O2. The van der Waals surface area contributed by atoms with Gasteiger partial charge in [-0.05, 0) is 23.8 Å². The van der Waals surface area contributed by atoms with Crippen LogP contribution < -0.4 is 15.2 Å². The fraction of sp³-hybridized carbons (Fsp3) is 0.154. The van der Waals surface area contributed by atoms with Gasteiger partial charge in [0.15, 0.2) is 0 Å². The zero-order valence-electron chi connectivity index (χ0n) is 9.89. The summed E-state index contributed by atoms with van der Waals surface area (Å²) in [5.74, 6) is 0.868. The number of anilines is 1. The Morgan fingerprint density at radius 1 is 1.17 bits per heavy atom. The molecule has 0 radical (unpaired) electrons. The minimum atomic E-state index is 0.386. The lowest BCUT2D eigenvalue weighted by Gasteiger charge is -2.09. The van der Waals surface area contributed by atoms with Gasteiger partial charge in [0, 0.05) is 10.5 Å². The van der Waals surface area contributed by atoms with Crippen molar-refractivity contribution in [3.8, 4) is 11.8 Å². The first-order chi connectivity index (χ1) is 8.69. The number of hydrogen-bond acceptors (Lipinski definition) is 4. The molecule has 0 saturated heterocycles.